The lowest BCUT2D eigenvalue weighted by Gasteiger charge is -2.24. The zero-order valence-corrected chi connectivity index (χ0v) is 22.1. The van der Waals surface area contributed by atoms with E-state index >= 15 is 0 Å². The van der Waals surface area contributed by atoms with Crippen LogP contribution in [-0.2, 0) is 11.2 Å². The second-order valence-corrected chi connectivity index (χ2v) is 10.1. The highest BCUT2D eigenvalue weighted by Crippen LogP contribution is 2.36. The highest BCUT2D eigenvalue weighted by atomic mass is 19.4. The number of H-pyrrole nitrogens is 1. The predicted octanol–water partition coefficient (Wildman–Crippen LogP) is 5.38. The first-order valence-corrected chi connectivity index (χ1v) is 12.6. The molecule has 5 rings (SSSR count). The fourth-order valence-electron chi connectivity index (χ4n) is 4.73. The predicted molar refractivity (Wildman–Crippen MR) is 145 cm³/mol. The Morgan fingerprint density at radius 1 is 1.05 bits per heavy atom. The lowest BCUT2D eigenvalue weighted by Crippen LogP contribution is -2.53. The summed E-state index contributed by atoms with van der Waals surface area (Å²) in [6.07, 6.45) is -6.12. The van der Waals surface area contributed by atoms with Crippen LogP contribution in [0.2, 0.25) is 0 Å². The number of aryl methyl sites for hydroxylation is 1. The highest BCUT2D eigenvalue weighted by Gasteiger charge is 2.30. The van der Waals surface area contributed by atoms with E-state index in [1.165, 1.54) is 51.2 Å². The van der Waals surface area contributed by atoms with Gasteiger partial charge in [0.25, 0.3) is 11.5 Å². The third-order valence-corrected chi connectivity index (χ3v) is 6.76. The number of hydrogen-bond acceptors (Lipinski definition) is 5. The topological polar surface area (TPSA) is 117 Å². The minimum Gasteiger partial charge on any atom is -0.437 e. The molecule has 0 unspecified atom stereocenters. The Bertz CT molecular complexity index is 1910. The van der Waals surface area contributed by atoms with Crippen LogP contribution < -0.4 is 16.2 Å². The van der Waals surface area contributed by atoms with Gasteiger partial charge < -0.3 is 20.0 Å². The SMILES string of the molecule is CNC(=O)C(C)(C)NC(=O)c1cccc(-c2cc3c(nc2CCC(F)(F)F)oc2c4ccc(F)cc4[nH]c(=O)c32)c1. The van der Waals surface area contributed by atoms with Gasteiger partial charge in [0.1, 0.15) is 11.4 Å². The van der Waals surface area contributed by atoms with Crippen LogP contribution in [0.25, 0.3) is 44.1 Å². The van der Waals surface area contributed by atoms with Gasteiger partial charge >= 0.3 is 6.18 Å². The van der Waals surface area contributed by atoms with Crippen LogP contribution in [0.5, 0.6) is 0 Å². The van der Waals surface area contributed by atoms with Crippen molar-refractivity contribution in [3.8, 4) is 11.1 Å². The molecule has 0 aliphatic rings. The van der Waals surface area contributed by atoms with Gasteiger partial charge in [-0.15, -0.1) is 0 Å². The summed E-state index contributed by atoms with van der Waals surface area (Å²) in [6, 6.07) is 11.4. The Morgan fingerprint density at radius 3 is 2.51 bits per heavy atom. The molecule has 2 aromatic carbocycles. The van der Waals surface area contributed by atoms with Crippen LogP contribution in [0, 0.1) is 5.82 Å². The third kappa shape index (κ3) is 5.37. The number of aromatic amines is 1. The Hall–Kier alpha value is -4.74. The molecule has 0 bridgehead atoms. The molecule has 0 aliphatic carbocycles. The number of alkyl halides is 3. The number of carbonyl (C=O) groups is 2. The van der Waals surface area contributed by atoms with Crippen LogP contribution >= 0.6 is 0 Å². The van der Waals surface area contributed by atoms with Crippen molar-refractivity contribution in [3.05, 3.63) is 76.0 Å². The van der Waals surface area contributed by atoms with Gasteiger partial charge in [-0.25, -0.2) is 9.37 Å². The molecule has 8 nitrogen and oxygen atoms in total. The number of benzene rings is 2. The van der Waals surface area contributed by atoms with E-state index in [2.05, 4.69) is 20.6 Å². The van der Waals surface area contributed by atoms with E-state index in [4.69, 9.17) is 4.42 Å². The first-order chi connectivity index (χ1) is 19.3. The van der Waals surface area contributed by atoms with Crippen LogP contribution in [-0.4, -0.2) is 40.5 Å². The minimum absolute atomic E-state index is 0.0453. The van der Waals surface area contributed by atoms with Crippen molar-refractivity contribution >= 4 is 44.8 Å². The molecule has 3 heterocycles. The van der Waals surface area contributed by atoms with Crippen LogP contribution in [0.4, 0.5) is 17.6 Å². The maximum atomic E-state index is 13.8. The van der Waals surface area contributed by atoms with E-state index in [0.29, 0.717) is 10.9 Å². The highest BCUT2D eigenvalue weighted by molar-refractivity contribution is 6.13. The maximum Gasteiger partial charge on any atom is 0.389 e. The maximum absolute atomic E-state index is 13.8. The molecule has 0 saturated carbocycles. The van der Waals surface area contributed by atoms with Crippen molar-refractivity contribution in [2.45, 2.75) is 38.4 Å². The standard InChI is InChI=1S/C29H24F4N4O4/c1-28(2,27(40)34-3)37-24(38)15-6-4-5-14(11-15)18-13-19-22-23(17-8-7-16(30)12-21(17)35-25(22)39)41-26(19)36-20(18)9-10-29(31,32)33/h4-8,11-13H,9-10H2,1-3H3,(H,34,40)(H,35,39)(H,37,38). The lowest BCUT2D eigenvalue weighted by molar-refractivity contribution is -0.134. The molecule has 0 aliphatic heterocycles. The van der Waals surface area contributed by atoms with E-state index in [-0.39, 0.29) is 44.4 Å². The summed E-state index contributed by atoms with van der Waals surface area (Å²) in [4.78, 5) is 45.2. The Morgan fingerprint density at radius 2 is 1.80 bits per heavy atom. The minimum atomic E-state index is -4.47. The summed E-state index contributed by atoms with van der Waals surface area (Å²) in [5.41, 5.74) is -0.719. The molecule has 3 aromatic heterocycles. The summed E-state index contributed by atoms with van der Waals surface area (Å²) in [5, 5.41) is 5.86. The number of nitrogens with zero attached hydrogens (tertiary/aromatic N) is 1. The summed E-state index contributed by atoms with van der Waals surface area (Å²) in [6.45, 7) is 3.06. The first kappa shape index (κ1) is 27.8. The number of fused-ring (bicyclic) bond motifs is 5. The quantitative estimate of drug-likeness (QED) is 0.238. The fourth-order valence-corrected chi connectivity index (χ4v) is 4.73. The Labute approximate surface area is 229 Å². The number of furan rings is 1. The number of hydrogen-bond donors (Lipinski definition) is 3. The molecule has 212 valence electrons. The van der Waals surface area contributed by atoms with Gasteiger partial charge in [0.2, 0.25) is 11.6 Å². The van der Waals surface area contributed by atoms with Gasteiger partial charge in [0.05, 0.1) is 22.0 Å². The average Bonchev–Trinajstić information content (AvgIpc) is 3.29. The van der Waals surface area contributed by atoms with Gasteiger partial charge in [-0.05, 0) is 62.2 Å². The van der Waals surface area contributed by atoms with Crippen LogP contribution in [0.15, 0.2) is 57.7 Å². The molecule has 5 aromatic rings. The van der Waals surface area contributed by atoms with Crippen molar-refractivity contribution < 1.29 is 31.6 Å². The zero-order valence-electron chi connectivity index (χ0n) is 22.1. The molecule has 3 N–H and O–H groups in total. The van der Waals surface area contributed by atoms with Gasteiger partial charge in [-0.1, -0.05) is 12.1 Å². The Kier molecular flexibility index (Phi) is 6.80. The monoisotopic (exact) mass is 568 g/mol. The number of halogens is 4. The molecule has 41 heavy (non-hydrogen) atoms. The van der Waals surface area contributed by atoms with Crippen molar-refractivity contribution in [2.75, 3.05) is 7.05 Å². The second kappa shape index (κ2) is 10.0. The molecule has 0 atom stereocenters. The fraction of sp³-hybridized carbons (Fsp3) is 0.241. The number of rotatable bonds is 6. The van der Waals surface area contributed by atoms with Gasteiger partial charge in [0, 0.05) is 30.0 Å². The molecule has 2 amide bonds. The second-order valence-electron chi connectivity index (χ2n) is 10.1. The Balaban J connectivity index is 1.68. The van der Waals surface area contributed by atoms with Crippen molar-refractivity contribution in [1.29, 1.82) is 0 Å². The van der Waals surface area contributed by atoms with Gasteiger partial charge in [0.15, 0.2) is 5.58 Å². The van der Waals surface area contributed by atoms with E-state index in [9.17, 15) is 31.9 Å². The number of aromatic nitrogens is 2. The van der Waals surface area contributed by atoms with E-state index < -0.39 is 47.7 Å². The number of carbonyl (C=O) groups excluding carboxylic acids is 2. The van der Waals surface area contributed by atoms with Crippen LogP contribution in [0.3, 0.4) is 0 Å². The summed E-state index contributed by atoms with van der Waals surface area (Å²) < 4.78 is 59.3. The average molecular weight is 569 g/mol. The molecule has 12 heteroatoms. The number of nitrogens with one attached hydrogen (secondary N) is 3. The van der Waals surface area contributed by atoms with E-state index in [1.54, 1.807) is 12.1 Å². The molecule has 0 saturated heterocycles. The molecular formula is C29H24F4N4O4. The summed E-state index contributed by atoms with van der Waals surface area (Å²) in [5.74, 6) is -1.56. The van der Waals surface area contributed by atoms with E-state index in [0.717, 1.165) is 6.07 Å². The first-order valence-electron chi connectivity index (χ1n) is 12.6. The van der Waals surface area contributed by atoms with Crippen molar-refractivity contribution in [1.82, 2.24) is 20.6 Å². The third-order valence-electron chi connectivity index (χ3n) is 6.76. The van der Waals surface area contributed by atoms with Crippen LogP contribution in [0.1, 0.15) is 36.3 Å². The normalized spacial score (nSPS) is 12.3. The summed E-state index contributed by atoms with van der Waals surface area (Å²) >= 11 is 0. The van der Waals surface area contributed by atoms with Crippen molar-refractivity contribution in [2.24, 2.45) is 0 Å². The smallest absolute Gasteiger partial charge is 0.389 e. The lowest BCUT2D eigenvalue weighted by atomic mass is 9.97. The largest absolute Gasteiger partial charge is 0.437 e. The number of amides is 2. The molecule has 0 spiro atoms. The molecule has 0 fully saturated rings. The number of likely N-dealkylation sites (N-methyl/N-ethyl adjacent to an activating group) is 1. The van der Waals surface area contributed by atoms with E-state index in [1.807, 2.05) is 0 Å². The van der Waals surface area contributed by atoms with Crippen molar-refractivity contribution in [3.63, 3.8) is 0 Å². The van der Waals surface area contributed by atoms with Gasteiger partial charge in [-0.2, -0.15) is 13.2 Å². The molecular weight excluding hydrogens is 544 g/mol. The summed E-state index contributed by atoms with van der Waals surface area (Å²) in [7, 11) is 1.44. The number of pyridine rings is 2. The molecule has 0 radical (unpaired) electrons. The van der Waals surface area contributed by atoms with Gasteiger partial charge in [-0.3, -0.25) is 14.4 Å². The zero-order chi connectivity index (χ0) is 29.7.